The number of aromatic nitrogens is 1. The third kappa shape index (κ3) is 3.29. The van der Waals surface area contributed by atoms with E-state index in [2.05, 4.69) is 38.0 Å². The van der Waals surface area contributed by atoms with Crippen molar-refractivity contribution in [1.82, 2.24) is 10.3 Å². The van der Waals surface area contributed by atoms with Gasteiger partial charge in [-0.05, 0) is 38.1 Å². The van der Waals surface area contributed by atoms with Gasteiger partial charge in [-0.3, -0.25) is 0 Å². The average Bonchev–Trinajstić information content (AvgIpc) is 2.61. The SMILES string of the molecule is CNCC(C)(CCc1scnc1C)C(C)C. The van der Waals surface area contributed by atoms with E-state index in [1.807, 2.05) is 12.6 Å². The summed E-state index contributed by atoms with van der Waals surface area (Å²) in [5.41, 5.74) is 3.54. The lowest BCUT2D eigenvalue weighted by atomic mass is 9.75. The fourth-order valence-electron chi connectivity index (χ4n) is 1.95. The molecule has 0 aliphatic carbocycles. The largest absolute Gasteiger partial charge is 0.319 e. The summed E-state index contributed by atoms with van der Waals surface area (Å²) in [6.45, 7) is 10.2. The van der Waals surface area contributed by atoms with Gasteiger partial charge in [0, 0.05) is 11.4 Å². The molecule has 1 aromatic heterocycles. The molecule has 1 atom stereocenters. The Balaban J connectivity index is 2.60. The molecule has 92 valence electrons. The van der Waals surface area contributed by atoms with E-state index >= 15 is 0 Å². The first-order valence-corrected chi connectivity index (χ1v) is 6.91. The molecule has 0 aliphatic heterocycles. The zero-order valence-corrected chi connectivity index (χ0v) is 11.9. The Bertz CT molecular complexity index is 319. The fraction of sp³-hybridized carbons (Fsp3) is 0.769. The Hall–Kier alpha value is -0.410. The predicted molar refractivity (Wildman–Crippen MR) is 72.0 cm³/mol. The summed E-state index contributed by atoms with van der Waals surface area (Å²) in [6.07, 6.45) is 2.39. The summed E-state index contributed by atoms with van der Waals surface area (Å²) in [6, 6.07) is 0. The molecule has 0 radical (unpaired) electrons. The van der Waals surface area contributed by atoms with Crippen LogP contribution in [0, 0.1) is 18.3 Å². The van der Waals surface area contributed by atoms with Gasteiger partial charge in [-0.15, -0.1) is 11.3 Å². The first-order valence-electron chi connectivity index (χ1n) is 6.03. The summed E-state index contributed by atoms with van der Waals surface area (Å²) in [7, 11) is 2.04. The highest BCUT2D eigenvalue weighted by Gasteiger charge is 2.27. The number of aryl methyl sites for hydroxylation is 2. The first-order chi connectivity index (χ1) is 7.49. The normalized spacial score (nSPS) is 15.4. The number of rotatable bonds is 6. The lowest BCUT2D eigenvalue weighted by molar-refractivity contribution is 0.196. The van der Waals surface area contributed by atoms with Crippen LogP contribution >= 0.6 is 11.3 Å². The molecule has 0 aromatic carbocycles. The van der Waals surface area contributed by atoms with Crippen LogP contribution in [0.3, 0.4) is 0 Å². The number of thiazole rings is 1. The maximum atomic E-state index is 4.31. The van der Waals surface area contributed by atoms with Crippen molar-refractivity contribution in [2.45, 2.75) is 40.5 Å². The summed E-state index contributed by atoms with van der Waals surface area (Å²) >= 11 is 1.79. The Kier molecular flexibility index (Phi) is 4.93. The van der Waals surface area contributed by atoms with E-state index in [1.165, 1.54) is 17.0 Å². The van der Waals surface area contributed by atoms with Crippen LogP contribution in [-0.2, 0) is 6.42 Å². The van der Waals surface area contributed by atoms with E-state index in [4.69, 9.17) is 0 Å². The summed E-state index contributed by atoms with van der Waals surface area (Å²) < 4.78 is 0. The third-order valence-corrected chi connectivity index (χ3v) is 4.74. The highest BCUT2D eigenvalue weighted by molar-refractivity contribution is 7.09. The molecule has 3 heteroatoms. The van der Waals surface area contributed by atoms with Crippen LogP contribution in [0.5, 0.6) is 0 Å². The Morgan fingerprint density at radius 3 is 2.62 bits per heavy atom. The highest BCUT2D eigenvalue weighted by atomic mass is 32.1. The second kappa shape index (κ2) is 5.78. The second-order valence-corrected chi connectivity index (χ2v) is 6.14. The third-order valence-electron chi connectivity index (χ3n) is 3.74. The van der Waals surface area contributed by atoms with Gasteiger partial charge in [0.05, 0.1) is 11.2 Å². The van der Waals surface area contributed by atoms with E-state index in [9.17, 15) is 0 Å². The minimum atomic E-state index is 0.380. The van der Waals surface area contributed by atoms with Crippen LogP contribution in [0.1, 0.15) is 37.8 Å². The maximum absolute atomic E-state index is 4.31. The van der Waals surface area contributed by atoms with Crippen molar-refractivity contribution in [3.05, 3.63) is 16.1 Å². The predicted octanol–water partition coefficient (Wildman–Crippen LogP) is 3.27. The molecule has 0 amide bonds. The fourth-order valence-corrected chi connectivity index (χ4v) is 2.73. The number of hydrogen-bond acceptors (Lipinski definition) is 3. The van der Waals surface area contributed by atoms with Crippen LogP contribution in [0.15, 0.2) is 5.51 Å². The van der Waals surface area contributed by atoms with Gasteiger partial charge in [0.1, 0.15) is 0 Å². The summed E-state index contributed by atoms with van der Waals surface area (Å²) in [4.78, 5) is 5.76. The van der Waals surface area contributed by atoms with Gasteiger partial charge in [-0.1, -0.05) is 20.8 Å². The van der Waals surface area contributed by atoms with Gasteiger partial charge in [0.15, 0.2) is 0 Å². The Morgan fingerprint density at radius 2 is 2.19 bits per heavy atom. The average molecular weight is 240 g/mol. The van der Waals surface area contributed by atoms with Crippen LogP contribution in [0.4, 0.5) is 0 Å². The quantitative estimate of drug-likeness (QED) is 0.825. The molecule has 0 aliphatic rings. The van der Waals surface area contributed by atoms with Crippen LogP contribution < -0.4 is 5.32 Å². The van der Waals surface area contributed by atoms with E-state index in [0.29, 0.717) is 11.3 Å². The molecule has 0 spiro atoms. The van der Waals surface area contributed by atoms with Crippen LogP contribution in [0.2, 0.25) is 0 Å². The molecular formula is C13H24N2S. The molecule has 1 unspecified atom stereocenters. The zero-order chi connectivity index (χ0) is 12.2. The van der Waals surface area contributed by atoms with E-state index in [-0.39, 0.29) is 0 Å². The Labute approximate surface area is 103 Å². The number of nitrogens with zero attached hydrogens (tertiary/aromatic N) is 1. The van der Waals surface area contributed by atoms with Crippen LogP contribution in [-0.4, -0.2) is 18.6 Å². The lowest BCUT2D eigenvalue weighted by Crippen LogP contribution is -2.34. The van der Waals surface area contributed by atoms with E-state index in [0.717, 1.165) is 13.0 Å². The van der Waals surface area contributed by atoms with Gasteiger partial charge in [-0.2, -0.15) is 0 Å². The molecule has 1 aromatic rings. The summed E-state index contributed by atoms with van der Waals surface area (Å²) in [5, 5.41) is 3.32. The van der Waals surface area contributed by atoms with Crippen LogP contribution in [0.25, 0.3) is 0 Å². The van der Waals surface area contributed by atoms with E-state index < -0.39 is 0 Å². The Morgan fingerprint density at radius 1 is 1.50 bits per heavy atom. The minimum absolute atomic E-state index is 0.380. The molecule has 0 fully saturated rings. The lowest BCUT2D eigenvalue weighted by Gasteiger charge is -2.33. The van der Waals surface area contributed by atoms with Crippen molar-refractivity contribution in [3.63, 3.8) is 0 Å². The van der Waals surface area contributed by atoms with Gasteiger partial charge < -0.3 is 5.32 Å². The number of hydrogen-bond donors (Lipinski definition) is 1. The number of nitrogens with one attached hydrogen (secondary N) is 1. The highest BCUT2D eigenvalue weighted by Crippen LogP contribution is 2.32. The molecule has 0 bridgehead atoms. The summed E-state index contributed by atoms with van der Waals surface area (Å²) in [5.74, 6) is 0.702. The van der Waals surface area contributed by atoms with Crippen molar-refractivity contribution in [1.29, 1.82) is 0 Å². The molecule has 1 heterocycles. The van der Waals surface area contributed by atoms with Crippen molar-refractivity contribution in [2.75, 3.05) is 13.6 Å². The van der Waals surface area contributed by atoms with E-state index in [1.54, 1.807) is 11.3 Å². The molecule has 16 heavy (non-hydrogen) atoms. The molecule has 1 rings (SSSR count). The molecule has 1 N–H and O–H groups in total. The standard InChI is InChI=1S/C13H24N2S/c1-10(2)13(4,8-14-5)7-6-12-11(3)15-9-16-12/h9-10,14H,6-8H2,1-5H3. The minimum Gasteiger partial charge on any atom is -0.319 e. The smallest absolute Gasteiger partial charge is 0.0797 e. The van der Waals surface area contributed by atoms with Gasteiger partial charge >= 0.3 is 0 Å². The van der Waals surface area contributed by atoms with Crippen molar-refractivity contribution in [2.24, 2.45) is 11.3 Å². The molecule has 2 nitrogen and oxygen atoms in total. The maximum Gasteiger partial charge on any atom is 0.0797 e. The monoisotopic (exact) mass is 240 g/mol. The van der Waals surface area contributed by atoms with Gasteiger partial charge in [0.2, 0.25) is 0 Å². The molecular weight excluding hydrogens is 216 g/mol. The van der Waals surface area contributed by atoms with Crippen molar-refractivity contribution in [3.8, 4) is 0 Å². The van der Waals surface area contributed by atoms with Gasteiger partial charge in [-0.25, -0.2) is 4.98 Å². The second-order valence-electron chi connectivity index (χ2n) is 5.20. The van der Waals surface area contributed by atoms with Crippen molar-refractivity contribution < 1.29 is 0 Å². The zero-order valence-electron chi connectivity index (χ0n) is 11.1. The van der Waals surface area contributed by atoms with Gasteiger partial charge in [0.25, 0.3) is 0 Å². The van der Waals surface area contributed by atoms with Crippen molar-refractivity contribution >= 4 is 11.3 Å². The molecule has 0 saturated carbocycles. The topological polar surface area (TPSA) is 24.9 Å². The molecule has 0 saturated heterocycles. The first kappa shape index (κ1) is 13.7.